The standard InChI is InChI=1S/C17H19NO3/c1-21-17(20)15-9-7-13(8-10-15)11-18-16(12-19)14-5-3-2-4-6-14/h2-10,16,18-19H,11-12H2,1H3. The second-order valence-electron chi connectivity index (χ2n) is 4.72. The van der Waals surface area contributed by atoms with E-state index in [1.165, 1.54) is 7.11 Å². The van der Waals surface area contributed by atoms with Crippen LogP contribution in [0.25, 0.3) is 0 Å². The van der Waals surface area contributed by atoms with Gasteiger partial charge in [-0.25, -0.2) is 4.79 Å². The molecule has 2 aromatic rings. The molecule has 0 aliphatic rings. The monoisotopic (exact) mass is 285 g/mol. The molecule has 4 nitrogen and oxygen atoms in total. The summed E-state index contributed by atoms with van der Waals surface area (Å²) in [6, 6.07) is 16.9. The summed E-state index contributed by atoms with van der Waals surface area (Å²) in [5, 5.41) is 12.8. The summed E-state index contributed by atoms with van der Waals surface area (Å²) >= 11 is 0. The number of nitrogens with one attached hydrogen (secondary N) is 1. The van der Waals surface area contributed by atoms with Crippen LogP contribution in [0.2, 0.25) is 0 Å². The molecular weight excluding hydrogens is 266 g/mol. The first-order valence-corrected chi connectivity index (χ1v) is 6.81. The van der Waals surface area contributed by atoms with Crippen LogP contribution >= 0.6 is 0 Å². The highest BCUT2D eigenvalue weighted by atomic mass is 16.5. The van der Waals surface area contributed by atoms with Crippen LogP contribution in [0.5, 0.6) is 0 Å². The van der Waals surface area contributed by atoms with Crippen LogP contribution < -0.4 is 5.32 Å². The molecule has 4 heteroatoms. The van der Waals surface area contributed by atoms with Crippen LogP contribution in [0.15, 0.2) is 54.6 Å². The lowest BCUT2D eigenvalue weighted by Crippen LogP contribution is -2.23. The summed E-state index contributed by atoms with van der Waals surface area (Å²) < 4.78 is 4.66. The molecule has 0 spiro atoms. The molecule has 2 aromatic carbocycles. The Kier molecular flexibility index (Phi) is 5.49. The summed E-state index contributed by atoms with van der Waals surface area (Å²) in [5.41, 5.74) is 2.62. The topological polar surface area (TPSA) is 58.6 Å². The Labute approximate surface area is 124 Å². The molecule has 0 saturated heterocycles. The Bertz CT molecular complexity index is 566. The van der Waals surface area contributed by atoms with E-state index in [2.05, 4.69) is 10.1 Å². The molecule has 2 rings (SSSR count). The Balaban J connectivity index is 1.97. The van der Waals surface area contributed by atoms with Gasteiger partial charge >= 0.3 is 5.97 Å². The van der Waals surface area contributed by atoms with Crippen molar-refractivity contribution in [3.05, 3.63) is 71.3 Å². The molecule has 0 bridgehead atoms. The quantitative estimate of drug-likeness (QED) is 0.800. The van der Waals surface area contributed by atoms with Crippen LogP contribution in [-0.2, 0) is 11.3 Å². The van der Waals surface area contributed by atoms with Crippen molar-refractivity contribution in [3.63, 3.8) is 0 Å². The first kappa shape index (κ1) is 15.2. The van der Waals surface area contributed by atoms with Gasteiger partial charge in [-0.2, -0.15) is 0 Å². The number of ether oxygens (including phenoxy) is 1. The summed E-state index contributed by atoms with van der Waals surface area (Å²) in [4.78, 5) is 11.4. The maximum absolute atomic E-state index is 11.4. The third-order valence-corrected chi connectivity index (χ3v) is 3.31. The van der Waals surface area contributed by atoms with E-state index in [9.17, 15) is 9.90 Å². The minimum Gasteiger partial charge on any atom is -0.465 e. The van der Waals surface area contributed by atoms with Crippen LogP contribution in [-0.4, -0.2) is 24.8 Å². The SMILES string of the molecule is COC(=O)c1ccc(CNC(CO)c2ccccc2)cc1. The molecule has 110 valence electrons. The van der Waals surface area contributed by atoms with Gasteiger partial charge in [0.15, 0.2) is 0 Å². The van der Waals surface area contributed by atoms with Crippen LogP contribution in [0, 0.1) is 0 Å². The molecule has 21 heavy (non-hydrogen) atoms. The van der Waals surface area contributed by atoms with Crippen molar-refractivity contribution in [2.45, 2.75) is 12.6 Å². The second-order valence-corrected chi connectivity index (χ2v) is 4.72. The maximum Gasteiger partial charge on any atom is 0.337 e. The third kappa shape index (κ3) is 4.15. The van der Waals surface area contributed by atoms with Crippen molar-refractivity contribution in [3.8, 4) is 0 Å². The maximum atomic E-state index is 11.4. The lowest BCUT2D eigenvalue weighted by Gasteiger charge is -2.16. The van der Waals surface area contributed by atoms with E-state index in [0.29, 0.717) is 12.1 Å². The number of hydrogen-bond acceptors (Lipinski definition) is 4. The largest absolute Gasteiger partial charge is 0.465 e. The van der Waals surface area contributed by atoms with Gasteiger partial charge in [0.2, 0.25) is 0 Å². The number of benzene rings is 2. The summed E-state index contributed by atoms with van der Waals surface area (Å²) in [5.74, 6) is -0.341. The van der Waals surface area contributed by atoms with E-state index >= 15 is 0 Å². The normalized spacial score (nSPS) is 11.9. The summed E-state index contributed by atoms with van der Waals surface area (Å²) in [6.07, 6.45) is 0. The average molecular weight is 285 g/mol. The summed E-state index contributed by atoms with van der Waals surface area (Å²) in [6.45, 7) is 0.645. The molecule has 0 amide bonds. The van der Waals surface area contributed by atoms with Crippen molar-refractivity contribution in [1.29, 1.82) is 0 Å². The fraction of sp³-hybridized carbons (Fsp3) is 0.235. The highest BCUT2D eigenvalue weighted by Crippen LogP contribution is 2.13. The molecule has 0 radical (unpaired) electrons. The van der Waals surface area contributed by atoms with E-state index in [4.69, 9.17) is 0 Å². The molecule has 0 aliphatic carbocycles. The second kappa shape index (κ2) is 7.57. The first-order chi connectivity index (χ1) is 10.2. The highest BCUT2D eigenvalue weighted by molar-refractivity contribution is 5.89. The number of aliphatic hydroxyl groups is 1. The van der Waals surface area contributed by atoms with Crippen LogP contribution in [0.3, 0.4) is 0 Å². The van der Waals surface area contributed by atoms with Crippen molar-refractivity contribution in [1.82, 2.24) is 5.32 Å². The molecule has 0 fully saturated rings. The lowest BCUT2D eigenvalue weighted by molar-refractivity contribution is 0.0600. The van der Waals surface area contributed by atoms with Gasteiger partial charge in [-0.05, 0) is 23.3 Å². The number of hydrogen-bond donors (Lipinski definition) is 2. The van der Waals surface area contributed by atoms with Gasteiger partial charge < -0.3 is 15.2 Å². The number of rotatable bonds is 6. The predicted molar refractivity (Wildman–Crippen MR) is 80.9 cm³/mol. The Morgan fingerprint density at radius 2 is 1.81 bits per heavy atom. The molecule has 0 saturated carbocycles. The zero-order valence-electron chi connectivity index (χ0n) is 12.0. The van der Waals surface area contributed by atoms with Crippen LogP contribution in [0.4, 0.5) is 0 Å². The fourth-order valence-electron chi connectivity index (χ4n) is 2.09. The van der Waals surface area contributed by atoms with Gasteiger partial charge in [0, 0.05) is 6.54 Å². The zero-order valence-corrected chi connectivity index (χ0v) is 12.0. The van der Waals surface area contributed by atoms with Crippen molar-refractivity contribution < 1.29 is 14.6 Å². The minimum absolute atomic E-state index is 0.0320. The average Bonchev–Trinajstić information content (AvgIpc) is 2.56. The molecule has 0 aliphatic heterocycles. The van der Waals surface area contributed by atoms with Crippen molar-refractivity contribution in [2.24, 2.45) is 0 Å². The number of methoxy groups -OCH3 is 1. The zero-order chi connectivity index (χ0) is 15.1. The van der Waals surface area contributed by atoms with Crippen molar-refractivity contribution in [2.75, 3.05) is 13.7 Å². The van der Waals surface area contributed by atoms with Gasteiger partial charge in [-0.15, -0.1) is 0 Å². The van der Waals surface area contributed by atoms with E-state index in [1.807, 2.05) is 42.5 Å². The van der Waals surface area contributed by atoms with Gasteiger partial charge in [0.05, 0.1) is 25.3 Å². The number of esters is 1. The molecule has 0 aromatic heterocycles. The Morgan fingerprint density at radius 1 is 1.14 bits per heavy atom. The van der Waals surface area contributed by atoms with Gasteiger partial charge in [0.1, 0.15) is 0 Å². The summed E-state index contributed by atoms with van der Waals surface area (Å²) in [7, 11) is 1.36. The molecule has 1 unspecified atom stereocenters. The highest BCUT2D eigenvalue weighted by Gasteiger charge is 2.09. The van der Waals surface area contributed by atoms with Crippen LogP contribution in [0.1, 0.15) is 27.5 Å². The Hall–Kier alpha value is -2.17. The molecule has 1 atom stereocenters. The predicted octanol–water partition coefficient (Wildman–Crippen LogP) is 2.30. The molecule has 2 N–H and O–H groups in total. The third-order valence-electron chi connectivity index (χ3n) is 3.31. The van der Waals surface area contributed by atoms with E-state index in [1.54, 1.807) is 12.1 Å². The molecule has 0 heterocycles. The fourth-order valence-corrected chi connectivity index (χ4v) is 2.09. The van der Waals surface area contributed by atoms with E-state index in [-0.39, 0.29) is 18.6 Å². The number of aliphatic hydroxyl groups excluding tert-OH is 1. The lowest BCUT2D eigenvalue weighted by atomic mass is 10.1. The van der Waals surface area contributed by atoms with E-state index in [0.717, 1.165) is 11.1 Å². The van der Waals surface area contributed by atoms with Gasteiger partial charge in [-0.3, -0.25) is 0 Å². The number of carbonyl (C=O) groups is 1. The number of carbonyl (C=O) groups excluding carboxylic acids is 1. The minimum atomic E-state index is -0.341. The van der Waals surface area contributed by atoms with Gasteiger partial charge in [0.25, 0.3) is 0 Å². The van der Waals surface area contributed by atoms with E-state index < -0.39 is 0 Å². The smallest absolute Gasteiger partial charge is 0.337 e. The molecular formula is C17H19NO3. The van der Waals surface area contributed by atoms with Gasteiger partial charge in [-0.1, -0.05) is 42.5 Å². The first-order valence-electron chi connectivity index (χ1n) is 6.81. The Morgan fingerprint density at radius 3 is 2.38 bits per heavy atom. The van der Waals surface area contributed by atoms with Crippen molar-refractivity contribution >= 4 is 5.97 Å².